The van der Waals surface area contributed by atoms with E-state index in [-0.39, 0.29) is 5.91 Å². The van der Waals surface area contributed by atoms with Crippen molar-refractivity contribution in [1.29, 1.82) is 0 Å². The van der Waals surface area contributed by atoms with Crippen molar-refractivity contribution in [2.24, 2.45) is 0 Å². The summed E-state index contributed by atoms with van der Waals surface area (Å²) in [4.78, 5) is 16.1. The van der Waals surface area contributed by atoms with Gasteiger partial charge in [0.1, 0.15) is 18.4 Å². The molecule has 122 valence electrons. The van der Waals surface area contributed by atoms with E-state index in [0.717, 1.165) is 23.4 Å². The Labute approximate surface area is 140 Å². The second-order valence-electron chi connectivity index (χ2n) is 5.24. The summed E-state index contributed by atoms with van der Waals surface area (Å²) in [5, 5.41) is 6.98. The van der Waals surface area contributed by atoms with E-state index in [4.69, 9.17) is 4.74 Å². The van der Waals surface area contributed by atoms with Crippen molar-refractivity contribution in [1.82, 2.24) is 20.1 Å². The van der Waals surface area contributed by atoms with Crippen molar-refractivity contribution in [3.63, 3.8) is 0 Å². The van der Waals surface area contributed by atoms with Gasteiger partial charge < -0.3 is 10.1 Å². The summed E-state index contributed by atoms with van der Waals surface area (Å²) < 4.78 is 6.84. The lowest BCUT2D eigenvalue weighted by molar-refractivity contribution is 0.0954. The summed E-state index contributed by atoms with van der Waals surface area (Å²) in [5.41, 5.74) is 2.60. The Morgan fingerprint density at radius 3 is 2.75 bits per heavy atom. The minimum Gasteiger partial charge on any atom is -0.497 e. The van der Waals surface area contributed by atoms with Crippen LogP contribution in [0.25, 0.3) is 5.69 Å². The van der Waals surface area contributed by atoms with E-state index in [0.29, 0.717) is 12.1 Å². The van der Waals surface area contributed by atoms with Crippen LogP contribution >= 0.6 is 0 Å². The molecule has 6 nitrogen and oxygen atoms in total. The van der Waals surface area contributed by atoms with E-state index < -0.39 is 0 Å². The highest BCUT2D eigenvalue weighted by Gasteiger charge is 2.06. The van der Waals surface area contributed by atoms with E-state index in [9.17, 15) is 4.79 Å². The van der Waals surface area contributed by atoms with Crippen LogP contribution in [-0.2, 0) is 6.42 Å². The van der Waals surface area contributed by atoms with Gasteiger partial charge in [-0.3, -0.25) is 4.79 Å². The number of ether oxygens (including phenoxy) is 1. The molecule has 0 radical (unpaired) electrons. The lowest BCUT2D eigenvalue weighted by Crippen LogP contribution is -2.25. The van der Waals surface area contributed by atoms with Gasteiger partial charge in [-0.25, -0.2) is 9.67 Å². The fourth-order valence-electron chi connectivity index (χ4n) is 2.36. The van der Waals surface area contributed by atoms with Gasteiger partial charge in [-0.15, -0.1) is 0 Å². The van der Waals surface area contributed by atoms with Gasteiger partial charge in [-0.1, -0.05) is 12.1 Å². The number of carbonyl (C=O) groups excluding carboxylic acids is 1. The van der Waals surface area contributed by atoms with Crippen LogP contribution in [-0.4, -0.2) is 34.3 Å². The Morgan fingerprint density at radius 2 is 2.04 bits per heavy atom. The molecular weight excluding hydrogens is 304 g/mol. The Hall–Kier alpha value is -3.15. The van der Waals surface area contributed by atoms with Gasteiger partial charge >= 0.3 is 0 Å². The summed E-state index contributed by atoms with van der Waals surface area (Å²) in [6.45, 7) is 0.566. The number of methoxy groups -OCH3 is 1. The molecule has 1 N–H and O–H groups in total. The van der Waals surface area contributed by atoms with E-state index in [1.807, 2.05) is 36.4 Å². The summed E-state index contributed by atoms with van der Waals surface area (Å²) in [6.07, 6.45) is 3.84. The molecule has 24 heavy (non-hydrogen) atoms. The molecule has 0 fully saturated rings. The first-order valence-electron chi connectivity index (χ1n) is 7.62. The molecule has 0 aliphatic carbocycles. The monoisotopic (exact) mass is 322 g/mol. The first-order valence-corrected chi connectivity index (χ1v) is 7.62. The Balaban J connectivity index is 1.55. The minimum absolute atomic E-state index is 0.0944. The number of amides is 1. The highest BCUT2D eigenvalue weighted by atomic mass is 16.5. The maximum atomic E-state index is 12.2. The first-order chi connectivity index (χ1) is 11.8. The smallest absolute Gasteiger partial charge is 0.251 e. The van der Waals surface area contributed by atoms with E-state index >= 15 is 0 Å². The lowest BCUT2D eigenvalue weighted by atomic mass is 10.1. The summed E-state index contributed by atoms with van der Waals surface area (Å²) in [7, 11) is 1.64. The molecule has 0 saturated carbocycles. The van der Waals surface area contributed by atoms with Crippen LogP contribution in [0.4, 0.5) is 0 Å². The zero-order chi connectivity index (χ0) is 16.8. The van der Waals surface area contributed by atoms with Crippen LogP contribution in [0.15, 0.2) is 61.2 Å². The second-order valence-corrected chi connectivity index (χ2v) is 5.24. The van der Waals surface area contributed by atoms with Gasteiger partial charge in [0.25, 0.3) is 5.91 Å². The second kappa shape index (κ2) is 7.41. The van der Waals surface area contributed by atoms with Crippen LogP contribution in [0.1, 0.15) is 15.9 Å². The zero-order valence-corrected chi connectivity index (χ0v) is 13.3. The molecule has 2 aromatic carbocycles. The third kappa shape index (κ3) is 3.78. The largest absolute Gasteiger partial charge is 0.497 e. The molecule has 6 heteroatoms. The van der Waals surface area contributed by atoms with Gasteiger partial charge in [0, 0.05) is 12.1 Å². The molecule has 1 aromatic heterocycles. The molecule has 1 heterocycles. The van der Waals surface area contributed by atoms with Crippen molar-refractivity contribution in [3.8, 4) is 11.4 Å². The van der Waals surface area contributed by atoms with Crippen LogP contribution in [0.5, 0.6) is 5.75 Å². The maximum absolute atomic E-state index is 12.2. The van der Waals surface area contributed by atoms with Crippen molar-refractivity contribution in [3.05, 3.63) is 72.3 Å². The number of aromatic nitrogens is 3. The highest BCUT2D eigenvalue weighted by Crippen LogP contribution is 2.13. The average Bonchev–Trinajstić information content (AvgIpc) is 3.16. The third-order valence-electron chi connectivity index (χ3n) is 3.65. The third-order valence-corrected chi connectivity index (χ3v) is 3.65. The number of carbonyl (C=O) groups is 1. The van der Waals surface area contributed by atoms with E-state index in [1.54, 1.807) is 30.3 Å². The number of benzene rings is 2. The van der Waals surface area contributed by atoms with Gasteiger partial charge in [-0.2, -0.15) is 5.10 Å². The number of hydrogen-bond acceptors (Lipinski definition) is 4. The normalized spacial score (nSPS) is 10.4. The predicted octanol–water partition coefficient (Wildman–Crippen LogP) is 2.25. The number of nitrogens with one attached hydrogen (secondary N) is 1. The Morgan fingerprint density at radius 1 is 1.21 bits per heavy atom. The Bertz CT molecular complexity index is 798. The molecule has 3 rings (SSSR count). The molecular formula is C18H18N4O2. The minimum atomic E-state index is -0.0944. The van der Waals surface area contributed by atoms with Crippen LogP contribution < -0.4 is 10.1 Å². The van der Waals surface area contributed by atoms with Crippen LogP contribution in [0.2, 0.25) is 0 Å². The van der Waals surface area contributed by atoms with Crippen molar-refractivity contribution in [2.75, 3.05) is 13.7 Å². The summed E-state index contributed by atoms with van der Waals surface area (Å²) in [5.74, 6) is 0.727. The van der Waals surface area contributed by atoms with Crippen molar-refractivity contribution < 1.29 is 9.53 Å². The van der Waals surface area contributed by atoms with Gasteiger partial charge in [-0.05, 0) is 48.4 Å². The molecule has 0 aliphatic rings. The molecule has 0 unspecified atom stereocenters. The predicted molar refractivity (Wildman–Crippen MR) is 90.4 cm³/mol. The number of hydrogen-bond donors (Lipinski definition) is 1. The summed E-state index contributed by atoms with van der Waals surface area (Å²) in [6, 6.07) is 15.1. The van der Waals surface area contributed by atoms with Crippen molar-refractivity contribution >= 4 is 5.91 Å². The molecule has 0 bridgehead atoms. The molecule has 3 aromatic rings. The lowest BCUT2D eigenvalue weighted by Gasteiger charge is -2.07. The van der Waals surface area contributed by atoms with Crippen LogP contribution in [0, 0.1) is 0 Å². The van der Waals surface area contributed by atoms with Crippen molar-refractivity contribution in [2.45, 2.75) is 6.42 Å². The van der Waals surface area contributed by atoms with Gasteiger partial charge in [0.05, 0.1) is 12.8 Å². The molecule has 0 aliphatic heterocycles. The van der Waals surface area contributed by atoms with Gasteiger partial charge in [0.2, 0.25) is 0 Å². The van der Waals surface area contributed by atoms with E-state index in [1.165, 1.54) is 6.33 Å². The van der Waals surface area contributed by atoms with Crippen LogP contribution in [0.3, 0.4) is 0 Å². The molecule has 0 atom stereocenters. The fraction of sp³-hybridized carbons (Fsp3) is 0.167. The average molecular weight is 322 g/mol. The Kier molecular flexibility index (Phi) is 4.86. The molecule has 1 amide bonds. The molecule has 0 saturated heterocycles. The quantitative estimate of drug-likeness (QED) is 0.756. The highest BCUT2D eigenvalue weighted by molar-refractivity contribution is 5.94. The standard InChI is InChI=1S/C18H18N4O2/c1-24-17-4-2-3-14(11-17)9-10-20-18(23)15-5-7-16(8-6-15)22-13-19-12-21-22/h2-8,11-13H,9-10H2,1H3,(H,20,23). The first kappa shape index (κ1) is 15.7. The number of nitrogens with zero attached hydrogens (tertiary/aromatic N) is 3. The fourth-order valence-corrected chi connectivity index (χ4v) is 2.36. The van der Waals surface area contributed by atoms with E-state index in [2.05, 4.69) is 15.4 Å². The van der Waals surface area contributed by atoms with Gasteiger partial charge in [0.15, 0.2) is 0 Å². The maximum Gasteiger partial charge on any atom is 0.251 e. The number of rotatable bonds is 6. The SMILES string of the molecule is COc1cccc(CCNC(=O)c2ccc(-n3cncn3)cc2)c1. The molecule has 0 spiro atoms. The zero-order valence-electron chi connectivity index (χ0n) is 13.3. The summed E-state index contributed by atoms with van der Waals surface area (Å²) >= 11 is 0. The topological polar surface area (TPSA) is 69.0 Å².